The summed E-state index contributed by atoms with van der Waals surface area (Å²) < 4.78 is 26.4. The Kier molecular flexibility index (Phi) is 6.18. The molecule has 0 saturated heterocycles. The number of amidine groups is 1. The average molecular weight is 366 g/mol. The Morgan fingerprint density at radius 2 is 1.96 bits per heavy atom. The summed E-state index contributed by atoms with van der Waals surface area (Å²) >= 11 is 0. The molecule has 0 aliphatic carbocycles. The van der Waals surface area contributed by atoms with Gasteiger partial charge in [0.15, 0.2) is 0 Å². The standard InChI is InChI=1S/C17H26N4O3S/c1-3-17(18,4-2)12-20-15(22)10-7-11-19-16-13-8-5-6-9-14(13)25(23,24)21-16/h5-6,8-9H,3-4,7,10-12,18H2,1-2H3,(H,19,21)(H,20,22). The van der Waals surface area contributed by atoms with Crippen molar-refractivity contribution in [2.24, 2.45) is 10.7 Å². The first kappa shape index (κ1) is 19.4. The molecule has 0 radical (unpaired) electrons. The van der Waals surface area contributed by atoms with E-state index in [1.807, 2.05) is 13.8 Å². The Balaban J connectivity index is 1.84. The lowest BCUT2D eigenvalue weighted by Gasteiger charge is -2.26. The second kappa shape index (κ2) is 7.97. The van der Waals surface area contributed by atoms with E-state index in [2.05, 4.69) is 15.0 Å². The predicted octanol–water partition coefficient (Wildman–Crippen LogP) is 1.14. The molecule has 0 aromatic heterocycles. The minimum Gasteiger partial charge on any atom is -0.354 e. The number of carbonyl (C=O) groups excluding carboxylic acids is 1. The van der Waals surface area contributed by atoms with Crippen molar-refractivity contribution in [3.05, 3.63) is 29.8 Å². The highest BCUT2D eigenvalue weighted by Gasteiger charge is 2.29. The number of fused-ring (bicyclic) bond motifs is 1. The third kappa shape index (κ3) is 4.79. The SMILES string of the molecule is CCC(N)(CC)CNC(=O)CCCN=C1NS(=O)(=O)c2ccccc21. The summed E-state index contributed by atoms with van der Waals surface area (Å²) in [7, 11) is -3.51. The topological polar surface area (TPSA) is 114 Å². The molecule has 1 aromatic carbocycles. The quantitative estimate of drug-likeness (QED) is 0.599. The van der Waals surface area contributed by atoms with Crippen LogP contribution in [0.2, 0.25) is 0 Å². The van der Waals surface area contributed by atoms with Gasteiger partial charge in [-0.3, -0.25) is 14.5 Å². The van der Waals surface area contributed by atoms with Gasteiger partial charge in [-0.1, -0.05) is 26.0 Å². The number of hydrogen-bond acceptors (Lipinski definition) is 5. The zero-order valence-electron chi connectivity index (χ0n) is 14.7. The number of carbonyl (C=O) groups is 1. The number of benzene rings is 1. The molecule has 0 saturated carbocycles. The molecule has 0 atom stereocenters. The van der Waals surface area contributed by atoms with Gasteiger partial charge in [-0.25, -0.2) is 8.42 Å². The van der Waals surface area contributed by atoms with Crippen LogP contribution in [0.1, 0.15) is 45.1 Å². The largest absolute Gasteiger partial charge is 0.354 e. The molecule has 138 valence electrons. The number of nitrogens with zero attached hydrogens (tertiary/aromatic N) is 1. The van der Waals surface area contributed by atoms with Crippen molar-refractivity contribution in [1.29, 1.82) is 0 Å². The number of sulfonamides is 1. The third-order valence-electron chi connectivity index (χ3n) is 4.54. The summed E-state index contributed by atoms with van der Waals surface area (Å²) in [6.45, 7) is 4.84. The van der Waals surface area contributed by atoms with Crippen LogP contribution < -0.4 is 15.8 Å². The maximum Gasteiger partial charge on any atom is 0.263 e. The van der Waals surface area contributed by atoms with Gasteiger partial charge in [0.2, 0.25) is 5.91 Å². The first-order valence-corrected chi connectivity index (χ1v) is 10.0. The molecule has 0 unspecified atom stereocenters. The normalized spacial score (nSPS) is 17.2. The van der Waals surface area contributed by atoms with Crippen LogP contribution in [0.5, 0.6) is 0 Å². The highest BCUT2D eigenvalue weighted by Crippen LogP contribution is 2.22. The minimum atomic E-state index is -3.51. The summed E-state index contributed by atoms with van der Waals surface area (Å²) in [5.41, 5.74) is 6.37. The zero-order chi connectivity index (χ0) is 18.5. The van der Waals surface area contributed by atoms with Gasteiger partial charge in [-0.05, 0) is 31.4 Å². The molecule has 8 heteroatoms. The van der Waals surface area contributed by atoms with Gasteiger partial charge in [-0.2, -0.15) is 0 Å². The highest BCUT2D eigenvalue weighted by molar-refractivity contribution is 7.90. The maximum absolute atomic E-state index is 12.0. The van der Waals surface area contributed by atoms with Crippen molar-refractivity contribution in [3.8, 4) is 0 Å². The first-order chi connectivity index (χ1) is 11.8. The van der Waals surface area contributed by atoms with E-state index in [0.29, 0.717) is 37.3 Å². The van der Waals surface area contributed by atoms with E-state index in [1.165, 1.54) is 0 Å². The summed E-state index contributed by atoms with van der Waals surface area (Å²) in [6.07, 6.45) is 2.47. The van der Waals surface area contributed by atoms with E-state index < -0.39 is 10.0 Å². The Bertz CT molecular complexity index is 755. The van der Waals surface area contributed by atoms with Gasteiger partial charge in [-0.15, -0.1) is 0 Å². The number of rotatable bonds is 8. The molecule has 1 aliphatic heterocycles. The lowest BCUT2D eigenvalue weighted by atomic mass is 9.94. The summed E-state index contributed by atoms with van der Waals surface area (Å²) in [4.78, 5) is 16.4. The van der Waals surface area contributed by atoms with Gasteiger partial charge < -0.3 is 11.1 Å². The third-order valence-corrected chi connectivity index (χ3v) is 5.94. The zero-order valence-corrected chi connectivity index (χ0v) is 15.5. The molecule has 0 fully saturated rings. The van der Waals surface area contributed by atoms with Crippen LogP contribution in [0.15, 0.2) is 34.2 Å². The van der Waals surface area contributed by atoms with Gasteiger partial charge in [0.05, 0.1) is 4.90 Å². The van der Waals surface area contributed by atoms with Gasteiger partial charge in [0.1, 0.15) is 5.84 Å². The molecule has 7 nitrogen and oxygen atoms in total. The number of nitrogens with one attached hydrogen (secondary N) is 2. The molecule has 0 bridgehead atoms. The summed E-state index contributed by atoms with van der Waals surface area (Å²) in [5.74, 6) is 0.276. The molecule has 25 heavy (non-hydrogen) atoms. The van der Waals surface area contributed by atoms with Crippen LogP contribution in [0.3, 0.4) is 0 Å². The number of hydrogen-bond donors (Lipinski definition) is 3. The molecular weight excluding hydrogens is 340 g/mol. The second-order valence-corrected chi connectivity index (χ2v) is 7.93. The maximum atomic E-state index is 12.0. The smallest absolute Gasteiger partial charge is 0.263 e. The average Bonchev–Trinajstić information content (AvgIpc) is 2.87. The predicted molar refractivity (Wildman–Crippen MR) is 97.9 cm³/mol. The Morgan fingerprint density at radius 1 is 1.28 bits per heavy atom. The molecule has 1 amide bonds. The fourth-order valence-corrected chi connectivity index (χ4v) is 3.80. The van der Waals surface area contributed by atoms with E-state index >= 15 is 0 Å². The molecule has 1 aliphatic rings. The number of nitrogens with two attached hydrogens (primary N) is 1. The van der Waals surface area contributed by atoms with E-state index in [-0.39, 0.29) is 16.3 Å². The van der Waals surface area contributed by atoms with E-state index in [0.717, 1.165) is 12.8 Å². The van der Waals surface area contributed by atoms with Crippen LogP contribution in [0.25, 0.3) is 0 Å². The monoisotopic (exact) mass is 366 g/mol. The van der Waals surface area contributed by atoms with E-state index in [4.69, 9.17) is 5.73 Å². The molecule has 2 rings (SSSR count). The molecule has 4 N–H and O–H groups in total. The van der Waals surface area contributed by atoms with Crippen molar-refractivity contribution in [2.75, 3.05) is 13.1 Å². The lowest BCUT2D eigenvalue weighted by Crippen LogP contribution is -2.49. The second-order valence-electron chi connectivity index (χ2n) is 6.28. The van der Waals surface area contributed by atoms with Gasteiger partial charge in [0.25, 0.3) is 10.0 Å². The van der Waals surface area contributed by atoms with Crippen molar-refractivity contribution in [1.82, 2.24) is 10.0 Å². The molecule has 0 spiro atoms. The Labute approximate surface area is 149 Å². The fraction of sp³-hybridized carbons (Fsp3) is 0.529. The van der Waals surface area contributed by atoms with Crippen molar-refractivity contribution in [2.45, 2.75) is 50.0 Å². The number of amides is 1. The molecule has 1 heterocycles. The van der Waals surface area contributed by atoms with Crippen molar-refractivity contribution in [3.63, 3.8) is 0 Å². The van der Waals surface area contributed by atoms with E-state index in [9.17, 15) is 13.2 Å². The van der Waals surface area contributed by atoms with Gasteiger partial charge in [0, 0.05) is 30.6 Å². The molecular formula is C17H26N4O3S. The minimum absolute atomic E-state index is 0.0654. The molecule has 1 aromatic rings. The van der Waals surface area contributed by atoms with Crippen molar-refractivity contribution >= 4 is 21.8 Å². The van der Waals surface area contributed by atoms with Crippen LogP contribution >= 0.6 is 0 Å². The van der Waals surface area contributed by atoms with Crippen molar-refractivity contribution < 1.29 is 13.2 Å². The summed E-state index contributed by atoms with van der Waals surface area (Å²) in [6, 6.07) is 6.71. The van der Waals surface area contributed by atoms with E-state index in [1.54, 1.807) is 24.3 Å². The van der Waals surface area contributed by atoms with Crippen LogP contribution in [-0.4, -0.2) is 38.8 Å². The first-order valence-electron chi connectivity index (χ1n) is 8.53. The fourth-order valence-electron chi connectivity index (χ4n) is 2.54. The van der Waals surface area contributed by atoms with Crippen LogP contribution in [-0.2, 0) is 14.8 Å². The summed E-state index contributed by atoms with van der Waals surface area (Å²) in [5, 5.41) is 2.86. The van der Waals surface area contributed by atoms with Crippen LogP contribution in [0, 0.1) is 0 Å². The lowest BCUT2D eigenvalue weighted by molar-refractivity contribution is -0.121. The Hall–Kier alpha value is -1.93. The highest BCUT2D eigenvalue weighted by atomic mass is 32.2. The van der Waals surface area contributed by atoms with Gasteiger partial charge >= 0.3 is 0 Å². The van der Waals surface area contributed by atoms with Crippen LogP contribution in [0.4, 0.5) is 0 Å². The number of aliphatic imine (C=N–C) groups is 1. The Morgan fingerprint density at radius 3 is 2.64 bits per heavy atom.